The molecule has 0 aromatic carbocycles. The van der Waals surface area contributed by atoms with Crippen LogP contribution < -0.4 is 10.9 Å². The van der Waals surface area contributed by atoms with Crippen LogP contribution in [0.4, 0.5) is 5.82 Å². The minimum absolute atomic E-state index is 0.250. The number of hydrogen-bond acceptors (Lipinski definition) is 6. The van der Waals surface area contributed by atoms with Crippen LogP contribution in [0.15, 0.2) is 17.3 Å². The summed E-state index contributed by atoms with van der Waals surface area (Å²) in [6.45, 7) is 5.43. The highest BCUT2D eigenvalue weighted by Gasteiger charge is 2.22. The summed E-state index contributed by atoms with van der Waals surface area (Å²) in [5.74, 6) is -0.128. The van der Waals surface area contributed by atoms with Gasteiger partial charge < -0.3 is 5.32 Å². The Morgan fingerprint density at radius 1 is 1.44 bits per heavy atom. The van der Waals surface area contributed by atoms with Gasteiger partial charge in [0.15, 0.2) is 0 Å². The van der Waals surface area contributed by atoms with Crippen molar-refractivity contribution in [1.29, 1.82) is 5.26 Å². The van der Waals surface area contributed by atoms with Crippen molar-refractivity contribution in [3.05, 3.63) is 38.9 Å². The van der Waals surface area contributed by atoms with Crippen LogP contribution in [0.3, 0.4) is 0 Å². The number of aromatic nitrogens is 4. The number of fused-ring (bicyclic) bond motifs is 1. The summed E-state index contributed by atoms with van der Waals surface area (Å²) >= 11 is 1.46. The lowest BCUT2D eigenvalue weighted by Gasteiger charge is -2.15. The van der Waals surface area contributed by atoms with Gasteiger partial charge in [-0.05, 0) is 26.3 Å². The zero-order valence-corrected chi connectivity index (χ0v) is 15.0. The zero-order chi connectivity index (χ0) is 18.3. The molecule has 9 heteroatoms. The van der Waals surface area contributed by atoms with Crippen molar-refractivity contribution in [2.45, 2.75) is 26.8 Å². The topological polar surface area (TPSA) is 106 Å². The second kappa shape index (κ2) is 6.14. The van der Waals surface area contributed by atoms with Crippen LogP contribution in [0.1, 0.15) is 29.0 Å². The number of carbonyl (C=O) groups is 1. The SMILES string of the molecule is Cc1sc2ncn(C(C)C(=O)Nc3c(C#N)cnn3C)c(=O)c2c1C. The highest BCUT2D eigenvalue weighted by atomic mass is 32.1. The number of nitrogens with zero attached hydrogens (tertiary/aromatic N) is 5. The van der Waals surface area contributed by atoms with Crippen molar-refractivity contribution in [1.82, 2.24) is 19.3 Å². The first-order valence-corrected chi connectivity index (χ1v) is 8.36. The van der Waals surface area contributed by atoms with Gasteiger partial charge in [-0.15, -0.1) is 11.3 Å². The number of amides is 1. The van der Waals surface area contributed by atoms with Crippen LogP contribution in [0, 0.1) is 25.2 Å². The van der Waals surface area contributed by atoms with Gasteiger partial charge in [0.2, 0.25) is 5.91 Å². The first-order chi connectivity index (χ1) is 11.8. The molecule has 1 unspecified atom stereocenters. The Morgan fingerprint density at radius 2 is 2.16 bits per heavy atom. The zero-order valence-electron chi connectivity index (χ0n) is 14.2. The van der Waals surface area contributed by atoms with Crippen LogP contribution in [0.2, 0.25) is 0 Å². The summed E-state index contributed by atoms with van der Waals surface area (Å²) in [5, 5.41) is 16.2. The van der Waals surface area contributed by atoms with E-state index in [-0.39, 0.29) is 11.1 Å². The second-order valence-corrected chi connectivity index (χ2v) is 6.93. The standard InChI is InChI=1S/C16H16N6O2S/c1-8-10(3)25-15-12(8)16(24)22(7-18-15)9(2)14(23)20-13-11(5-17)6-19-21(13)4/h6-7,9H,1-4H3,(H,20,23). The van der Waals surface area contributed by atoms with E-state index in [1.54, 1.807) is 14.0 Å². The highest BCUT2D eigenvalue weighted by Crippen LogP contribution is 2.26. The normalized spacial score (nSPS) is 12.1. The molecule has 0 fully saturated rings. The lowest BCUT2D eigenvalue weighted by Crippen LogP contribution is -2.32. The minimum atomic E-state index is -0.787. The van der Waals surface area contributed by atoms with Crippen LogP contribution in [-0.4, -0.2) is 25.2 Å². The largest absolute Gasteiger partial charge is 0.308 e. The molecule has 3 aromatic rings. The van der Waals surface area contributed by atoms with Crippen molar-refractivity contribution in [3.8, 4) is 6.07 Å². The lowest BCUT2D eigenvalue weighted by molar-refractivity contribution is -0.118. The maximum absolute atomic E-state index is 12.8. The summed E-state index contributed by atoms with van der Waals surface area (Å²) in [6.07, 6.45) is 2.76. The molecule has 8 nitrogen and oxygen atoms in total. The van der Waals surface area contributed by atoms with E-state index in [4.69, 9.17) is 5.26 Å². The highest BCUT2D eigenvalue weighted by molar-refractivity contribution is 7.18. The molecule has 128 valence electrons. The molecule has 1 N–H and O–H groups in total. The van der Waals surface area contributed by atoms with Crippen LogP contribution in [0.25, 0.3) is 10.2 Å². The van der Waals surface area contributed by atoms with E-state index >= 15 is 0 Å². The van der Waals surface area contributed by atoms with E-state index in [9.17, 15) is 9.59 Å². The summed E-state index contributed by atoms with van der Waals surface area (Å²) < 4.78 is 2.71. The third kappa shape index (κ3) is 2.70. The fourth-order valence-corrected chi connectivity index (χ4v) is 3.53. The Kier molecular flexibility index (Phi) is 4.14. The van der Waals surface area contributed by atoms with Gasteiger partial charge >= 0.3 is 0 Å². The smallest absolute Gasteiger partial charge is 0.263 e. The quantitative estimate of drug-likeness (QED) is 0.771. The number of thiophene rings is 1. The Bertz CT molecular complexity index is 1080. The molecule has 3 heterocycles. The van der Waals surface area contributed by atoms with E-state index in [0.717, 1.165) is 10.4 Å². The Hall–Kier alpha value is -2.99. The summed E-state index contributed by atoms with van der Waals surface area (Å²) in [6, 6.07) is 1.18. The van der Waals surface area contributed by atoms with Gasteiger partial charge in [-0.1, -0.05) is 0 Å². The molecule has 0 saturated carbocycles. The van der Waals surface area contributed by atoms with Crippen molar-refractivity contribution in [2.75, 3.05) is 5.32 Å². The average molecular weight is 356 g/mol. The van der Waals surface area contributed by atoms with Gasteiger partial charge in [0, 0.05) is 11.9 Å². The monoisotopic (exact) mass is 356 g/mol. The van der Waals surface area contributed by atoms with Crippen molar-refractivity contribution in [2.24, 2.45) is 7.05 Å². The minimum Gasteiger partial charge on any atom is -0.308 e. The number of aryl methyl sites for hydroxylation is 3. The number of rotatable bonds is 3. The number of nitriles is 1. The molecule has 0 saturated heterocycles. The molecule has 3 rings (SSSR count). The van der Waals surface area contributed by atoms with Gasteiger partial charge in [0.05, 0.1) is 17.9 Å². The molecule has 0 bridgehead atoms. The van der Waals surface area contributed by atoms with Crippen LogP contribution >= 0.6 is 11.3 Å². The van der Waals surface area contributed by atoms with Gasteiger partial charge in [-0.3, -0.25) is 18.8 Å². The van der Waals surface area contributed by atoms with Crippen molar-refractivity contribution >= 4 is 33.3 Å². The molecule has 0 radical (unpaired) electrons. The number of nitrogens with one attached hydrogen (secondary N) is 1. The van der Waals surface area contributed by atoms with Crippen LogP contribution in [-0.2, 0) is 11.8 Å². The summed E-state index contributed by atoms with van der Waals surface area (Å²) in [4.78, 5) is 31.4. The molecular formula is C16H16N6O2S. The predicted octanol–water partition coefficient (Wildman–Crippen LogP) is 1.88. The van der Waals surface area contributed by atoms with E-state index in [1.165, 1.54) is 33.1 Å². The number of carbonyl (C=O) groups excluding carboxylic acids is 1. The van der Waals surface area contributed by atoms with E-state index in [1.807, 2.05) is 19.9 Å². The number of hydrogen-bond donors (Lipinski definition) is 1. The number of anilines is 1. The molecule has 1 atom stereocenters. The predicted molar refractivity (Wildman–Crippen MR) is 94.6 cm³/mol. The van der Waals surface area contributed by atoms with Gasteiger partial charge in [-0.2, -0.15) is 10.4 Å². The van der Waals surface area contributed by atoms with Crippen molar-refractivity contribution in [3.63, 3.8) is 0 Å². The maximum atomic E-state index is 12.8. The summed E-state index contributed by atoms with van der Waals surface area (Å²) in [7, 11) is 1.62. The Labute approximate surface area is 147 Å². The van der Waals surface area contributed by atoms with E-state index in [2.05, 4.69) is 15.4 Å². The molecule has 0 aliphatic rings. The lowest BCUT2D eigenvalue weighted by atomic mass is 10.2. The third-order valence-corrected chi connectivity index (χ3v) is 5.33. The van der Waals surface area contributed by atoms with Gasteiger partial charge in [-0.25, -0.2) is 4.98 Å². The molecule has 0 spiro atoms. The molecule has 0 aliphatic carbocycles. The van der Waals surface area contributed by atoms with E-state index in [0.29, 0.717) is 16.0 Å². The first kappa shape index (κ1) is 16.9. The first-order valence-electron chi connectivity index (χ1n) is 7.55. The summed E-state index contributed by atoms with van der Waals surface area (Å²) in [5.41, 5.74) is 0.895. The molecule has 1 amide bonds. The van der Waals surface area contributed by atoms with Crippen LogP contribution in [0.5, 0.6) is 0 Å². The second-order valence-electron chi connectivity index (χ2n) is 5.73. The Morgan fingerprint density at radius 3 is 2.84 bits per heavy atom. The molecular weight excluding hydrogens is 340 g/mol. The van der Waals surface area contributed by atoms with E-state index < -0.39 is 11.9 Å². The van der Waals surface area contributed by atoms with Gasteiger partial charge in [0.25, 0.3) is 5.56 Å². The molecule has 3 aromatic heterocycles. The fourth-order valence-electron chi connectivity index (χ4n) is 2.54. The van der Waals surface area contributed by atoms with Crippen molar-refractivity contribution < 1.29 is 4.79 Å². The maximum Gasteiger partial charge on any atom is 0.263 e. The Balaban J connectivity index is 1.98. The third-order valence-electron chi connectivity index (χ3n) is 4.21. The average Bonchev–Trinajstić information content (AvgIpc) is 3.08. The van der Waals surface area contributed by atoms with Gasteiger partial charge in [0.1, 0.15) is 28.3 Å². The molecule has 0 aliphatic heterocycles. The molecule has 25 heavy (non-hydrogen) atoms. The fraction of sp³-hybridized carbons (Fsp3) is 0.312.